The topological polar surface area (TPSA) is 75.6 Å². The smallest absolute Gasteiger partial charge is 0.213 e. The lowest BCUT2D eigenvalue weighted by molar-refractivity contribution is 0.0910. The van der Waals surface area contributed by atoms with E-state index in [0.717, 1.165) is 12.8 Å². The molecule has 1 unspecified atom stereocenters. The van der Waals surface area contributed by atoms with Gasteiger partial charge >= 0.3 is 0 Å². The van der Waals surface area contributed by atoms with Gasteiger partial charge in [0.2, 0.25) is 10.0 Å². The maximum Gasteiger partial charge on any atom is 0.213 e. The molecule has 16 heavy (non-hydrogen) atoms. The van der Waals surface area contributed by atoms with Gasteiger partial charge in [-0.1, -0.05) is 0 Å². The lowest BCUT2D eigenvalue weighted by Crippen LogP contribution is -2.35. The van der Waals surface area contributed by atoms with Crippen molar-refractivity contribution in [3.8, 4) is 0 Å². The summed E-state index contributed by atoms with van der Waals surface area (Å²) >= 11 is 0. The zero-order valence-electron chi connectivity index (χ0n) is 9.85. The van der Waals surface area contributed by atoms with Crippen molar-refractivity contribution >= 4 is 10.0 Å². The molecule has 1 aliphatic carbocycles. The third-order valence-corrected chi connectivity index (χ3v) is 3.79. The first kappa shape index (κ1) is 13.9. The number of rotatable bonds is 8. The highest BCUT2D eigenvalue weighted by Crippen LogP contribution is 2.32. The van der Waals surface area contributed by atoms with Gasteiger partial charge < -0.3 is 9.84 Å². The van der Waals surface area contributed by atoms with E-state index in [4.69, 9.17) is 4.74 Å². The number of ether oxygens (including phenoxy) is 1. The molecule has 0 saturated heterocycles. The molecule has 0 spiro atoms. The van der Waals surface area contributed by atoms with E-state index in [1.54, 1.807) is 0 Å². The van der Waals surface area contributed by atoms with Crippen molar-refractivity contribution in [1.29, 1.82) is 0 Å². The van der Waals surface area contributed by atoms with Crippen LogP contribution in [-0.4, -0.2) is 44.6 Å². The van der Waals surface area contributed by atoms with Crippen LogP contribution >= 0.6 is 0 Å². The molecule has 0 amide bonds. The van der Waals surface area contributed by atoms with Gasteiger partial charge in [0, 0.05) is 6.54 Å². The van der Waals surface area contributed by atoms with Crippen molar-refractivity contribution in [3.63, 3.8) is 0 Å². The molecule has 6 heteroatoms. The summed E-state index contributed by atoms with van der Waals surface area (Å²) in [4.78, 5) is 0. The second kappa shape index (κ2) is 5.95. The lowest BCUT2D eigenvalue weighted by atomic mass is 10.2. The number of hydrogen-bond donors (Lipinski definition) is 2. The summed E-state index contributed by atoms with van der Waals surface area (Å²) in [6.45, 7) is 4.02. The van der Waals surface area contributed by atoms with E-state index >= 15 is 0 Å². The van der Waals surface area contributed by atoms with Crippen molar-refractivity contribution in [2.75, 3.05) is 18.9 Å². The number of aliphatic hydroxyl groups excluding tert-OH is 1. The molecule has 1 aliphatic rings. The molecule has 2 N–H and O–H groups in total. The predicted molar refractivity (Wildman–Crippen MR) is 61.6 cm³/mol. The first-order valence-electron chi connectivity index (χ1n) is 5.68. The van der Waals surface area contributed by atoms with Crippen molar-refractivity contribution < 1.29 is 18.3 Å². The van der Waals surface area contributed by atoms with Crippen LogP contribution in [0.15, 0.2) is 0 Å². The van der Waals surface area contributed by atoms with Gasteiger partial charge in [-0.25, -0.2) is 13.1 Å². The monoisotopic (exact) mass is 251 g/mol. The second-order valence-electron chi connectivity index (χ2n) is 4.49. The normalized spacial score (nSPS) is 19.0. The Hall–Kier alpha value is -0.170. The van der Waals surface area contributed by atoms with Crippen LogP contribution < -0.4 is 4.72 Å². The van der Waals surface area contributed by atoms with Crippen LogP contribution in [0.25, 0.3) is 0 Å². The van der Waals surface area contributed by atoms with E-state index in [9.17, 15) is 13.5 Å². The molecule has 0 aliphatic heterocycles. The largest absolute Gasteiger partial charge is 0.391 e. The fourth-order valence-corrected chi connectivity index (χ4v) is 2.21. The molecular formula is C10H21NO4S. The Morgan fingerprint density at radius 2 is 2.06 bits per heavy atom. The Balaban J connectivity index is 2.17. The number of nitrogens with one attached hydrogen (secondary N) is 1. The van der Waals surface area contributed by atoms with E-state index in [-0.39, 0.29) is 30.9 Å². The van der Waals surface area contributed by atoms with Crippen LogP contribution in [-0.2, 0) is 14.8 Å². The zero-order valence-corrected chi connectivity index (χ0v) is 10.7. The van der Waals surface area contributed by atoms with Crippen molar-refractivity contribution in [1.82, 2.24) is 4.72 Å². The molecule has 1 saturated carbocycles. The Labute approximate surface area is 97.2 Å². The molecule has 96 valence electrons. The Morgan fingerprint density at radius 3 is 2.56 bits per heavy atom. The second-order valence-corrected chi connectivity index (χ2v) is 6.42. The highest BCUT2D eigenvalue weighted by molar-refractivity contribution is 7.89. The van der Waals surface area contributed by atoms with Crippen LogP contribution in [0, 0.1) is 5.92 Å². The average molecular weight is 251 g/mol. The van der Waals surface area contributed by atoms with Crippen LogP contribution in [0.2, 0.25) is 0 Å². The van der Waals surface area contributed by atoms with Gasteiger partial charge in [-0.3, -0.25) is 0 Å². The summed E-state index contributed by atoms with van der Waals surface area (Å²) in [7, 11) is -3.31. The first-order valence-corrected chi connectivity index (χ1v) is 7.33. The van der Waals surface area contributed by atoms with E-state index in [1.807, 2.05) is 13.8 Å². The summed E-state index contributed by atoms with van der Waals surface area (Å²) in [5, 5.41) is 9.51. The molecule has 0 aromatic heterocycles. The van der Waals surface area contributed by atoms with E-state index < -0.39 is 16.1 Å². The Bertz CT molecular complexity index is 298. The van der Waals surface area contributed by atoms with Crippen molar-refractivity contribution in [2.24, 2.45) is 5.92 Å². The van der Waals surface area contributed by atoms with Gasteiger partial charge in [-0.2, -0.15) is 0 Å². The molecule has 0 radical (unpaired) electrons. The quantitative estimate of drug-likeness (QED) is 0.641. The number of aliphatic hydroxyl groups is 1. The van der Waals surface area contributed by atoms with Gasteiger partial charge in [0.25, 0.3) is 0 Å². The standard InChI is InChI=1S/C10H21NO4S/c1-8(2)15-5-6-16(13,14)11-7-10(12)9-3-4-9/h8-12H,3-7H2,1-2H3. The fourth-order valence-electron chi connectivity index (χ4n) is 1.33. The van der Waals surface area contributed by atoms with Crippen LogP contribution in [0.4, 0.5) is 0 Å². The molecular weight excluding hydrogens is 230 g/mol. The minimum atomic E-state index is -3.31. The summed E-state index contributed by atoms with van der Waals surface area (Å²) in [5.74, 6) is 0.234. The zero-order chi connectivity index (χ0) is 12.2. The maximum absolute atomic E-state index is 11.5. The lowest BCUT2D eigenvalue weighted by Gasteiger charge is -2.12. The average Bonchev–Trinajstić information content (AvgIpc) is 2.96. The third kappa shape index (κ3) is 5.79. The van der Waals surface area contributed by atoms with Crippen molar-refractivity contribution in [3.05, 3.63) is 0 Å². The molecule has 0 bridgehead atoms. The molecule has 0 aromatic carbocycles. The van der Waals surface area contributed by atoms with Gasteiger partial charge in [0.15, 0.2) is 0 Å². The van der Waals surface area contributed by atoms with E-state index in [1.165, 1.54) is 0 Å². The maximum atomic E-state index is 11.5. The van der Waals surface area contributed by atoms with Crippen LogP contribution in [0.5, 0.6) is 0 Å². The van der Waals surface area contributed by atoms with Gasteiger partial charge in [0.1, 0.15) is 0 Å². The minimum Gasteiger partial charge on any atom is -0.391 e. The van der Waals surface area contributed by atoms with Gasteiger partial charge in [-0.15, -0.1) is 0 Å². The summed E-state index contributed by atoms with van der Waals surface area (Å²) in [5.41, 5.74) is 0. The highest BCUT2D eigenvalue weighted by atomic mass is 32.2. The predicted octanol–water partition coefficient (Wildman–Crippen LogP) is 0.102. The third-order valence-electron chi connectivity index (χ3n) is 2.48. The van der Waals surface area contributed by atoms with E-state index in [0.29, 0.717) is 0 Å². The minimum absolute atomic E-state index is 0.0345. The molecule has 0 heterocycles. The van der Waals surface area contributed by atoms with Crippen molar-refractivity contribution in [2.45, 2.75) is 38.9 Å². The van der Waals surface area contributed by atoms with E-state index in [2.05, 4.69) is 4.72 Å². The SMILES string of the molecule is CC(C)OCCS(=O)(=O)NCC(O)C1CC1. The molecule has 1 fully saturated rings. The Kier molecular flexibility index (Phi) is 5.17. The summed E-state index contributed by atoms with van der Waals surface area (Å²) in [6.07, 6.45) is 1.49. The highest BCUT2D eigenvalue weighted by Gasteiger charge is 2.30. The molecule has 0 aromatic rings. The van der Waals surface area contributed by atoms with Gasteiger partial charge in [-0.05, 0) is 32.6 Å². The van der Waals surface area contributed by atoms with Crippen LogP contribution in [0.3, 0.4) is 0 Å². The Morgan fingerprint density at radius 1 is 1.44 bits per heavy atom. The molecule has 1 atom stereocenters. The number of sulfonamides is 1. The first-order chi connectivity index (χ1) is 7.41. The summed E-state index contributed by atoms with van der Waals surface area (Å²) in [6, 6.07) is 0. The number of hydrogen-bond acceptors (Lipinski definition) is 4. The summed E-state index contributed by atoms with van der Waals surface area (Å²) < 4.78 is 30.5. The molecule has 1 rings (SSSR count). The van der Waals surface area contributed by atoms with Gasteiger partial charge in [0.05, 0.1) is 24.6 Å². The fraction of sp³-hybridized carbons (Fsp3) is 1.00. The van der Waals surface area contributed by atoms with Crippen LogP contribution in [0.1, 0.15) is 26.7 Å². The molecule has 5 nitrogen and oxygen atoms in total.